The summed E-state index contributed by atoms with van der Waals surface area (Å²) >= 11 is 0. The van der Waals surface area contributed by atoms with E-state index in [-0.39, 0.29) is 23.8 Å². The van der Waals surface area contributed by atoms with Gasteiger partial charge in [-0.1, -0.05) is 0 Å². The number of carboxylic acids is 1. The van der Waals surface area contributed by atoms with Gasteiger partial charge in [0.05, 0.1) is 17.7 Å². The second-order valence-electron chi connectivity index (χ2n) is 6.29. The molecule has 0 saturated heterocycles. The van der Waals surface area contributed by atoms with Gasteiger partial charge in [-0.15, -0.1) is 0 Å². The molecule has 6 nitrogen and oxygen atoms in total. The zero-order valence-corrected chi connectivity index (χ0v) is 13.8. The molecule has 0 atom stereocenters. The van der Waals surface area contributed by atoms with E-state index in [9.17, 15) is 14.0 Å². The smallest absolute Gasteiger partial charge is 0.319 e. The molecule has 0 radical (unpaired) electrons. The maximum atomic E-state index is 13.4. The third kappa shape index (κ3) is 5.11. The van der Waals surface area contributed by atoms with Crippen LogP contribution in [0.5, 0.6) is 5.75 Å². The highest BCUT2D eigenvalue weighted by molar-refractivity contribution is 5.91. The molecule has 24 heavy (non-hydrogen) atoms. The summed E-state index contributed by atoms with van der Waals surface area (Å²) in [5.74, 6) is -1.19. The quantitative estimate of drug-likeness (QED) is 0.768. The highest BCUT2D eigenvalue weighted by Gasteiger charge is 2.26. The number of hydrogen-bond donors (Lipinski definition) is 3. The molecule has 1 fully saturated rings. The van der Waals surface area contributed by atoms with Gasteiger partial charge in [-0.3, -0.25) is 4.79 Å². The molecule has 3 N–H and O–H groups in total. The first-order valence-corrected chi connectivity index (χ1v) is 8.11. The molecule has 1 aromatic rings. The lowest BCUT2D eigenvalue weighted by atomic mass is 9.86. The summed E-state index contributed by atoms with van der Waals surface area (Å²) in [4.78, 5) is 23.1. The topological polar surface area (TPSA) is 87.7 Å². The Hall–Kier alpha value is -2.31. The highest BCUT2D eigenvalue weighted by atomic mass is 19.1. The minimum atomic E-state index is -0.784. The van der Waals surface area contributed by atoms with Crippen LogP contribution in [-0.4, -0.2) is 29.3 Å². The summed E-state index contributed by atoms with van der Waals surface area (Å²) in [6.07, 6.45) is 2.21. The van der Waals surface area contributed by atoms with Gasteiger partial charge in [0.15, 0.2) is 0 Å². The zero-order chi connectivity index (χ0) is 17.7. The van der Waals surface area contributed by atoms with Crippen LogP contribution in [0.25, 0.3) is 0 Å². The highest BCUT2D eigenvalue weighted by Crippen LogP contribution is 2.27. The van der Waals surface area contributed by atoms with Gasteiger partial charge in [-0.05, 0) is 51.7 Å². The standard InChI is InChI=1S/C17H23FN2O4/c1-10(2)24-15-8-5-12(18)9-14(15)20-17(23)19-13-6-3-11(4-7-13)16(21)22/h5,8-11,13H,3-4,6-7H2,1-2H3,(H,21,22)(H2,19,20,23). The van der Waals surface area contributed by atoms with Crippen molar-refractivity contribution >= 4 is 17.7 Å². The molecule has 0 aromatic heterocycles. The van der Waals surface area contributed by atoms with Crippen molar-refractivity contribution in [1.82, 2.24) is 5.32 Å². The van der Waals surface area contributed by atoms with Crippen LogP contribution in [0.1, 0.15) is 39.5 Å². The van der Waals surface area contributed by atoms with E-state index in [1.807, 2.05) is 13.8 Å². The molecule has 1 aliphatic carbocycles. The van der Waals surface area contributed by atoms with E-state index in [1.165, 1.54) is 18.2 Å². The Morgan fingerprint density at radius 3 is 2.50 bits per heavy atom. The van der Waals surface area contributed by atoms with Gasteiger partial charge in [-0.25, -0.2) is 9.18 Å². The predicted molar refractivity (Wildman–Crippen MR) is 87.7 cm³/mol. The van der Waals surface area contributed by atoms with Gasteiger partial charge >= 0.3 is 12.0 Å². The first-order valence-electron chi connectivity index (χ1n) is 8.11. The number of aliphatic carboxylic acids is 1. The number of anilines is 1. The lowest BCUT2D eigenvalue weighted by Gasteiger charge is -2.27. The van der Waals surface area contributed by atoms with E-state index in [4.69, 9.17) is 9.84 Å². The Labute approximate surface area is 140 Å². The molecule has 0 unspecified atom stereocenters. The van der Waals surface area contributed by atoms with Gasteiger partial charge in [-0.2, -0.15) is 0 Å². The summed E-state index contributed by atoms with van der Waals surface area (Å²) in [6, 6.07) is 3.42. The summed E-state index contributed by atoms with van der Waals surface area (Å²) in [5.41, 5.74) is 0.264. The third-order valence-corrected chi connectivity index (χ3v) is 3.96. The van der Waals surface area contributed by atoms with E-state index in [2.05, 4.69) is 10.6 Å². The number of halogens is 1. The molecule has 1 aliphatic rings. The second-order valence-corrected chi connectivity index (χ2v) is 6.29. The first kappa shape index (κ1) is 18.0. The number of ether oxygens (including phenoxy) is 1. The van der Waals surface area contributed by atoms with Crippen LogP contribution in [0.3, 0.4) is 0 Å². The van der Waals surface area contributed by atoms with Gasteiger partial charge in [0.2, 0.25) is 0 Å². The number of carbonyl (C=O) groups is 2. The molecule has 0 aliphatic heterocycles. The van der Waals surface area contributed by atoms with Crippen LogP contribution in [0.4, 0.5) is 14.9 Å². The molecule has 1 saturated carbocycles. The van der Waals surface area contributed by atoms with Crippen LogP contribution in [0.2, 0.25) is 0 Å². The Kier molecular flexibility index (Phi) is 6.00. The van der Waals surface area contributed by atoms with Crippen molar-refractivity contribution in [3.05, 3.63) is 24.0 Å². The van der Waals surface area contributed by atoms with Crippen LogP contribution < -0.4 is 15.4 Å². The molecule has 132 valence electrons. The molecule has 1 aromatic carbocycles. The maximum Gasteiger partial charge on any atom is 0.319 e. The van der Waals surface area contributed by atoms with Crippen molar-refractivity contribution in [2.24, 2.45) is 5.92 Å². The molecule has 7 heteroatoms. The fraction of sp³-hybridized carbons (Fsp3) is 0.529. The predicted octanol–water partition coefficient (Wildman–Crippen LogP) is 3.38. The molecule has 0 heterocycles. The van der Waals surface area contributed by atoms with Crippen molar-refractivity contribution in [3.8, 4) is 5.75 Å². The molecule has 0 bridgehead atoms. The second kappa shape index (κ2) is 7.99. The molecule has 0 spiro atoms. The van der Waals surface area contributed by atoms with Crippen molar-refractivity contribution in [3.63, 3.8) is 0 Å². The van der Waals surface area contributed by atoms with Crippen molar-refractivity contribution < 1.29 is 23.8 Å². The van der Waals surface area contributed by atoms with E-state index in [0.717, 1.165) is 0 Å². The number of carboxylic acid groups (broad SMARTS) is 1. The number of carbonyl (C=O) groups excluding carboxylic acids is 1. The van der Waals surface area contributed by atoms with E-state index < -0.39 is 17.8 Å². The molecule has 2 amide bonds. The molecular weight excluding hydrogens is 315 g/mol. The SMILES string of the molecule is CC(C)Oc1ccc(F)cc1NC(=O)NC1CCC(C(=O)O)CC1. The van der Waals surface area contributed by atoms with Crippen LogP contribution in [-0.2, 0) is 4.79 Å². The summed E-state index contributed by atoms with van der Waals surface area (Å²) < 4.78 is 19.0. The Bertz CT molecular complexity index is 598. The van der Waals surface area contributed by atoms with Crippen LogP contribution in [0.15, 0.2) is 18.2 Å². The average Bonchev–Trinajstić information content (AvgIpc) is 2.50. The Morgan fingerprint density at radius 2 is 1.92 bits per heavy atom. The van der Waals surface area contributed by atoms with Crippen LogP contribution in [0, 0.1) is 11.7 Å². The number of benzene rings is 1. The fourth-order valence-corrected chi connectivity index (χ4v) is 2.79. The van der Waals surface area contributed by atoms with Gasteiger partial charge in [0.25, 0.3) is 0 Å². The summed E-state index contributed by atoms with van der Waals surface area (Å²) in [6.45, 7) is 3.68. The van der Waals surface area contributed by atoms with Crippen molar-refractivity contribution in [2.45, 2.75) is 51.7 Å². The number of rotatable bonds is 5. The number of urea groups is 1. The van der Waals surface area contributed by atoms with Crippen molar-refractivity contribution in [2.75, 3.05) is 5.32 Å². The van der Waals surface area contributed by atoms with Crippen LogP contribution >= 0.6 is 0 Å². The van der Waals surface area contributed by atoms with E-state index in [0.29, 0.717) is 31.4 Å². The van der Waals surface area contributed by atoms with Gasteiger partial charge < -0.3 is 20.5 Å². The Balaban J connectivity index is 1.93. The minimum Gasteiger partial charge on any atom is -0.489 e. The fourth-order valence-electron chi connectivity index (χ4n) is 2.79. The minimum absolute atomic E-state index is 0.0800. The maximum absolute atomic E-state index is 13.4. The Morgan fingerprint density at radius 1 is 1.25 bits per heavy atom. The van der Waals surface area contributed by atoms with E-state index in [1.54, 1.807) is 0 Å². The first-order chi connectivity index (χ1) is 11.3. The number of amides is 2. The molecule has 2 rings (SSSR count). The normalized spacial score (nSPS) is 20.5. The number of nitrogens with one attached hydrogen (secondary N) is 2. The summed E-state index contributed by atoms with van der Waals surface area (Å²) in [5, 5.41) is 14.4. The van der Waals surface area contributed by atoms with Gasteiger partial charge in [0, 0.05) is 12.1 Å². The number of hydrogen-bond acceptors (Lipinski definition) is 3. The average molecular weight is 338 g/mol. The summed E-state index contributed by atoms with van der Waals surface area (Å²) in [7, 11) is 0. The van der Waals surface area contributed by atoms with Gasteiger partial charge in [0.1, 0.15) is 11.6 Å². The van der Waals surface area contributed by atoms with Crippen molar-refractivity contribution in [1.29, 1.82) is 0 Å². The largest absolute Gasteiger partial charge is 0.489 e. The van der Waals surface area contributed by atoms with E-state index >= 15 is 0 Å². The molecular formula is C17H23FN2O4. The lowest BCUT2D eigenvalue weighted by molar-refractivity contribution is -0.142. The zero-order valence-electron chi connectivity index (χ0n) is 13.8. The third-order valence-electron chi connectivity index (χ3n) is 3.96. The lowest BCUT2D eigenvalue weighted by Crippen LogP contribution is -2.41. The monoisotopic (exact) mass is 338 g/mol.